The van der Waals surface area contributed by atoms with Gasteiger partial charge in [-0.2, -0.15) is 5.26 Å². The highest BCUT2D eigenvalue weighted by Gasteiger charge is 2.22. The van der Waals surface area contributed by atoms with Crippen LogP contribution in [0.2, 0.25) is 0 Å². The molecule has 1 fully saturated rings. The van der Waals surface area contributed by atoms with Crippen LogP contribution in [0, 0.1) is 11.3 Å². The molecule has 1 aromatic heterocycles. The third-order valence-electron chi connectivity index (χ3n) is 3.49. The number of aromatic nitrogens is 3. The number of rotatable bonds is 4. The summed E-state index contributed by atoms with van der Waals surface area (Å²) in [4.78, 5) is 3.61. The second-order valence-corrected chi connectivity index (χ2v) is 4.87. The summed E-state index contributed by atoms with van der Waals surface area (Å²) >= 11 is 0. The number of nitriles is 1. The average molecular weight is 283 g/mol. The summed E-state index contributed by atoms with van der Waals surface area (Å²) in [5, 5.41) is 18.1. The van der Waals surface area contributed by atoms with Crippen molar-refractivity contribution < 1.29 is 4.74 Å². The molecule has 1 saturated heterocycles. The Morgan fingerprint density at radius 2 is 2.00 bits per heavy atom. The van der Waals surface area contributed by atoms with Gasteiger partial charge >= 0.3 is 0 Å². The average Bonchev–Trinajstić information content (AvgIpc) is 3.17. The molecule has 1 aliphatic rings. The minimum absolute atomic E-state index is 0.364. The number of anilines is 1. The van der Waals surface area contributed by atoms with Crippen molar-refractivity contribution in [3.63, 3.8) is 0 Å². The summed E-state index contributed by atoms with van der Waals surface area (Å²) in [7, 11) is 0. The lowest BCUT2D eigenvalue weighted by atomic mass is 10.3. The van der Waals surface area contributed by atoms with Crippen LogP contribution in [0.3, 0.4) is 0 Å². The van der Waals surface area contributed by atoms with Gasteiger partial charge in [-0.3, -0.25) is 0 Å². The number of hydrogen-bond donors (Lipinski definition) is 0. The normalized spacial score (nSPS) is 14.2. The van der Waals surface area contributed by atoms with Gasteiger partial charge in [-0.25, -0.2) is 0 Å². The summed E-state index contributed by atoms with van der Waals surface area (Å²) in [5.74, 6) is 1.38. The van der Waals surface area contributed by atoms with Crippen molar-refractivity contribution in [2.45, 2.75) is 19.8 Å². The zero-order chi connectivity index (χ0) is 14.7. The van der Waals surface area contributed by atoms with Crippen LogP contribution >= 0.6 is 0 Å². The van der Waals surface area contributed by atoms with Gasteiger partial charge in [0.2, 0.25) is 5.69 Å². The van der Waals surface area contributed by atoms with Crippen LogP contribution in [0.15, 0.2) is 24.3 Å². The monoisotopic (exact) mass is 283 g/mol. The van der Waals surface area contributed by atoms with Gasteiger partial charge in [-0.05, 0) is 31.9 Å². The highest BCUT2D eigenvalue weighted by molar-refractivity contribution is 5.52. The third kappa shape index (κ3) is 2.55. The molecule has 0 bridgehead atoms. The molecule has 0 atom stereocenters. The van der Waals surface area contributed by atoms with Crippen molar-refractivity contribution in [3.05, 3.63) is 30.0 Å². The summed E-state index contributed by atoms with van der Waals surface area (Å²) in [6.07, 6.45) is 2.26. The van der Waals surface area contributed by atoms with E-state index in [0.717, 1.165) is 31.6 Å². The zero-order valence-electron chi connectivity index (χ0n) is 12.0. The van der Waals surface area contributed by atoms with E-state index in [1.165, 1.54) is 4.80 Å². The summed E-state index contributed by atoms with van der Waals surface area (Å²) in [6, 6.07) is 9.72. The highest BCUT2D eigenvalue weighted by atomic mass is 16.5. The van der Waals surface area contributed by atoms with Gasteiger partial charge in [0.25, 0.3) is 0 Å². The summed E-state index contributed by atoms with van der Waals surface area (Å²) < 4.78 is 5.60. The second kappa shape index (κ2) is 5.83. The molecule has 108 valence electrons. The van der Waals surface area contributed by atoms with E-state index < -0.39 is 0 Å². The van der Waals surface area contributed by atoms with Gasteiger partial charge in [0.1, 0.15) is 17.5 Å². The predicted octanol–water partition coefficient (Wildman–Crippen LogP) is 2.14. The van der Waals surface area contributed by atoms with Crippen LogP contribution in [0.1, 0.15) is 25.5 Å². The molecule has 0 N–H and O–H groups in total. The molecular weight excluding hydrogens is 266 g/mol. The Balaban J connectivity index is 2.02. The SMILES string of the molecule is CCOc1ccccc1-n1nc(C#N)c(N2CCCC2)n1. The third-order valence-corrected chi connectivity index (χ3v) is 3.49. The first-order valence-corrected chi connectivity index (χ1v) is 7.18. The van der Waals surface area contributed by atoms with Crippen LogP contribution in [0.4, 0.5) is 5.82 Å². The molecule has 6 nitrogen and oxygen atoms in total. The topological polar surface area (TPSA) is 67.0 Å². The van der Waals surface area contributed by atoms with Crippen molar-refractivity contribution >= 4 is 5.82 Å². The number of ether oxygens (including phenoxy) is 1. The number of nitrogens with zero attached hydrogens (tertiary/aromatic N) is 5. The lowest BCUT2D eigenvalue weighted by Gasteiger charge is -2.13. The lowest BCUT2D eigenvalue weighted by molar-refractivity contribution is 0.337. The second-order valence-electron chi connectivity index (χ2n) is 4.87. The van der Waals surface area contributed by atoms with E-state index in [-0.39, 0.29) is 0 Å². The standard InChI is InChI=1S/C15H17N5O/c1-2-21-14-8-4-3-7-13(14)20-17-12(11-16)15(18-20)19-9-5-6-10-19/h3-4,7-8H,2,5-6,9-10H2,1H3. The van der Waals surface area contributed by atoms with E-state index in [2.05, 4.69) is 21.2 Å². The Morgan fingerprint density at radius 1 is 1.24 bits per heavy atom. The van der Waals surface area contributed by atoms with E-state index >= 15 is 0 Å². The zero-order valence-corrected chi connectivity index (χ0v) is 12.0. The van der Waals surface area contributed by atoms with Crippen molar-refractivity contribution in [2.24, 2.45) is 0 Å². The molecule has 0 radical (unpaired) electrons. The first kappa shape index (κ1) is 13.4. The van der Waals surface area contributed by atoms with Crippen LogP contribution < -0.4 is 9.64 Å². The van der Waals surface area contributed by atoms with Gasteiger partial charge < -0.3 is 9.64 Å². The highest BCUT2D eigenvalue weighted by Crippen LogP contribution is 2.25. The number of hydrogen-bond acceptors (Lipinski definition) is 5. The Labute approximate surface area is 123 Å². The van der Waals surface area contributed by atoms with Crippen LogP contribution in [-0.2, 0) is 0 Å². The number of para-hydroxylation sites is 2. The maximum atomic E-state index is 9.29. The Hall–Kier alpha value is -2.55. The van der Waals surface area contributed by atoms with Crippen molar-refractivity contribution in [1.82, 2.24) is 15.0 Å². The molecular formula is C15H17N5O. The molecule has 0 unspecified atom stereocenters. The quantitative estimate of drug-likeness (QED) is 0.860. The molecule has 21 heavy (non-hydrogen) atoms. The van der Waals surface area contributed by atoms with Gasteiger partial charge in [0.05, 0.1) is 6.61 Å². The van der Waals surface area contributed by atoms with Crippen molar-refractivity contribution in [3.8, 4) is 17.5 Å². The fourth-order valence-electron chi connectivity index (χ4n) is 2.52. The largest absolute Gasteiger partial charge is 0.492 e. The van der Waals surface area contributed by atoms with Gasteiger partial charge in [0, 0.05) is 13.1 Å². The molecule has 0 saturated carbocycles. The first-order valence-electron chi connectivity index (χ1n) is 7.18. The van der Waals surface area contributed by atoms with E-state index in [0.29, 0.717) is 23.9 Å². The van der Waals surface area contributed by atoms with E-state index in [1.807, 2.05) is 31.2 Å². The molecule has 6 heteroatoms. The van der Waals surface area contributed by atoms with Crippen LogP contribution in [0.5, 0.6) is 5.75 Å². The van der Waals surface area contributed by atoms with Crippen LogP contribution in [0.25, 0.3) is 5.69 Å². The summed E-state index contributed by atoms with van der Waals surface area (Å²) in [6.45, 7) is 4.37. The molecule has 0 amide bonds. The van der Waals surface area contributed by atoms with E-state index in [1.54, 1.807) is 0 Å². The molecule has 3 rings (SSSR count). The maximum absolute atomic E-state index is 9.29. The van der Waals surface area contributed by atoms with Gasteiger partial charge in [0.15, 0.2) is 5.82 Å². The lowest BCUT2D eigenvalue weighted by Crippen LogP contribution is -2.19. The molecule has 1 aromatic carbocycles. The molecule has 2 aromatic rings. The predicted molar refractivity (Wildman–Crippen MR) is 78.7 cm³/mol. The molecule has 1 aliphatic heterocycles. The molecule has 2 heterocycles. The molecule has 0 aliphatic carbocycles. The first-order chi connectivity index (χ1) is 10.3. The fourth-order valence-corrected chi connectivity index (χ4v) is 2.52. The van der Waals surface area contributed by atoms with Crippen LogP contribution in [-0.4, -0.2) is 34.7 Å². The van der Waals surface area contributed by atoms with E-state index in [9.17, 15) is 5.26 Å². The Bertz CT molecular complexity index is 667. The minimum atomic E-state index is 0.364. The van der Waals surface area contributed by atoms with Crippen molar-refractivity contribution in [2.75, 3.05) is 24.6 Å². The Morgan fingerprint density at radius 3 is 2.71 bits per heavy atom. The fraction of sp³-hybridized carbons (Fsp3) is 0.400. The van der Waals surface area contributed by atoms with Crippen molar-refractivity contribution in [1.29, 1.82) is 5.26 Å². The molecule has 0 spiro atoms. The van der Waals surface area contributed by atoms with Gasteiger partial charge in [-0.15, -0.1) is 15.0 Å². The number of benzene rings is 1. The smallest absolute Gasteiger partial charge is 0.207 e. The Kier molecular flexibility index (Phi) is 3.73. The van der Waals surface area contributed by atoms with E-state index in [4.69, 9.17) is 4.74 Å². The maximum Gasteiger partial charge on any atom is 0.207 e. The minimum Gasteiger partial charge on any atom is -0.492 e. The summed E-state index contributed by atoms with van der Waals surface area (Å²) in [5.41, 5.74) is 1.12. The van der Waals surface area contributed by atoms with Gasteiger partial charge in [-0.1, -0.05) is 12.1 Å².